The summed E-state index contributed by atoms with van der Waals surface area (Å²) >= 11 is 4.90. The van der Waals surface area contributed by atoms with Crippen LogP contribution in [-0.4, -0.2) is 60.0 Å². The molecule has 0 saturated carbocycles. The number of carbonyl (C=O) groups is 1. The summed E-state index contributed by atoms with van der Waals surface area (Å²) in [6.45, 7) is 7.11. The molecule has 0 aromatic carbocycles. The van der Waals surface area contributed by atoms with E-state index in [2.05, 4.69) is 36.8 Å². The Bertz CT molecular complexity index is 797. The first kappa shape index (κ1) is 17.7. The zero-order valence-corrected chi connectivity index (χ0v) is 17.2. The SMILES string of the molecule is Cc1cc(N2CCCC2)nc(N2CCN(C(=O)c3cc(Br)cs3)CC2)n1. The normalized spacial score (nSPS) is 17.8. The van der Waals surface area contributed by atoms with E-state index in [-0.39, 0.29) is 5.91 Å². The molecule has 0 atom stereocenters. The molecule has 2 aromatic rings. The molecule has 0 bridgehead atoms. The Kier molecular flexibility index (Phi) is 5.13. The molecule has 0 radical (unpaired) electrons. The van der Waals surface area contributed by atoms with Gasteiger partial charge in [-0.2, -0.15) is 4.98 Å². The highest BCUT2D eigenvalue weighted by atomic mass is 79.9. The van der Waals surface area contributed by atoms with Crippen molar-refractivity contribution in [3.05, 3.63) is 32.6 Å². The lowest BCUT2D eigenvalue weighted by Gasteiger charge is -2.35. The number of hydrogen-bond donors (Lipinski definition) is 0. The highest BCUT2D eigenvalue weighted by Gasteiger charge is 2.25. The summed E-state index contributed by atoms with van der Waals surface area (Å²) in [4.78, 5) is 29.3. The van der Waals surface area contributed by atoms with E-state index in [1.807, 2.05) is 23.3 Å². The van der Waals surface area contributed by atoms with Gasteiger partial charge in [0.15, 0.2) is 0 Å². The number of thiophene rings is 1. The predicted molar refractivity (Wildman–Crippen MR) is 108 cm³/mol. The second-order valence-electron chi connectivity index (χ2n) is 6.77. The Morgan fingerprint density at radius 3 is 2.42 bits per heavy atom. The number of halogens is 1. The standard InChI is InChI=1S/C18H22BrN5OS/c1-13-10-16(22-4-2-3-5-22)21-18(20-13)24-8-6-23(7-9-24)17(25)15-11-14(19)12-26-15/h10-12H,2-9H2,1H3. The molecule has 138 valence electrons. The van der Waals surface area contributed by atoms with Crippen molar-refractivity contribution in [2.24, 2.45) is 0 Å². The molecular formula is C18H22BrN5OS. The Hall–Kier alpha value is -1.67. The van der Waals surface area contributed by atoms with Gasteiger partial charge in [-0.1, -0.05) is 0 Å². The molecule has 2 fully saturated rings. The van der Waals surface area contributed by atoms with Crippen LogP contribution in [0, 0.1) is 6.92 Å². The molecule has 6 nitrogen and oxygen atoms in total. The molecule has 2 aliphatic rings. The van der Waals surface area contributed by atoms with Crippen LogP contribution in [0.1, 0.15) is 28.2 Å². The Balaban J connectivity index is 1.43. The van der Waals surface area contributed by atoms with Crippen molar-refractivity contribution in [1.29, 1.82) is 0 Å². The smallest absolute Gasteiger partial charge is 0.264 e. The summed E-state index contributed by atoms with van der Waals surface area (Å²) in [6, 6.07) is 3.97. The summed E-state index contributed by atoms with van der Waals surface area (Å²) in [7, 11) is 0. The van der Waals surface area contributed by atoms with E-state index < -0.39 is 0 Å². The lowest BCUT2D eigenvalue weighted by atomic mass is 10.3. The van der Waals surface area contributed by atoms with Gasteiger partial charge in [-0.25, -0.2) is 4.98 Å². The second kappa shape index (κ2) is 7.52. The van der Waals surface area contributed by atoms with Gasteiger partial charge in [0.25, 0.3) is 5.91 Å². The third-order valence-electron chi connectivity index (χ3n) is 4.89. The minimum Gasteiger partial charge on any atom is -0.356 e. The second-order valence-corrected chi connectivity index (χ2v) is 8.60. The van der Waals surface area contributed by atoms with Crippen molar-refractivity contribution in [2.75, 3.05) is 49.1 Å². The van der Waals surface area contributed by atoms with Crippen molar-refractivity contribution in [2.45, 2.75) is 19.8 Å². The number of rotatable bonds is 3. The van der Waals surface area contributed by atoms with Gasteiger partial charge in [0.2, 0.25) is 5.95 Å². The Morgan fingerprint density at radius 1 is 1.04 bits per heavy atom. The van der Waals surface area contributed by atoms with Gasteiger partial charge in [-0.15, -0.1) is 11.3 Å². The van der Waals surface area contributed by atoms with Gasteiger partial charge in [-0.3, -0.25) is 4.79 Å². The first-order valence-corrected chi connectivity index (χ1v) is 10.7. The molecule has 2 aliphatic heterocycles. The number of amides is 1. The largest absolute Gasteiger partial charge is 0.356 e. The van der Waals surface area contributed by atoms with E-state index in [9.17, 15) is 4.79 Å². The van der Waals surface area contributed by atoms with Gasteiger partial charge in [-0.05, 0) is 41.8 Å². The van der Waals surface area contributed by atoms with Gasteiger partial charge in [0.05, 0.1) is 4.88 Å². The van der Waals surface area contributed by atoms with Crippen LogP contribution in [0.25, 0.3) is 0 Å². The van der Waals surface area contributed by atoms with E-state index in [4.69, 9.17) is 4.98 Å². The summed E-state index contributed by atoms with van der Waals surface area (Å²) < 4.78 is 0.965. The van der Waals surface area contributed by atoms with Crippen molar-refractivity contribution in [1.82, 2.24) is 14.9 Å². The fourth-order valence-corrected chi connectivity index (χ4v) is 4.87. The zero-order valence-electron chi connectivity index (χ0n) is 14.8. The van der Waals surface area contributed by atoms with E-state index in [1.54, 1.807) is 0 Å². The molecule has 4 heterocycles. The molecule has 0 aliphatic carbocycles. The van der Waals surface area contributed by atoms with Crippen LogP contribution in [0.2, 0.25) is 0 Å². The number of anilines is 2. The van der Waals surface area contributed by atoms with Crippen LogP contribution in [0.4, 0.5) is 11.8 Å². The van der Waals surface area contributed by atoms with Crippen LogP contribution in [0.3, 0.4) is 0 Å². The molecule has 4 rings (SSSR count). The van der Waals surface area contributed by atoms with E-state index in [0.717, 1.165) is 53.0 Å². The average molecular weight is 436 g/mol. The predicted octanol–water partition coefficient (Wildman–Crippen LogP) is 3.17. The van der Waals surface area contributed by atoms with E-state index >= 15 is 0 Å². The van der Waals surface area contributed by atoms with E-state index in [1.165, 1.54) is 24.2 Å². The lowest BCUT2D eigenvalue weighted by molar-refractivity contribution is 0.0751. The summed E-state index contributed by atoms with van der Waals surface area (Å²) in [5.74, 6) is 1.94. The van der Waals surface area contributed by atoms with E-state index in [0.29, 0.717) is 13.1 Å². The molecule has 1 amide bonds. The van der Waals surface area contributed by atoms with Crippen LogP contribution in [-0.2, 0) is 0 Å². The summed E-state index contributed by atoms with van der Waals surface area (Å²) in [5, 5.41) is 1.95. The average Bonchev–Trinajstić information content (AvgIpc) is 3.32. The third kappa shape index (κ3) is 3.71. The molecule has 2 aromatic heterocycles. The highest BCUT2D eigenvalue weighted by Crippen LogP contribution is 2.24. The molecule has 2 saturated heterocycles. The van der Waals surface area contributed by atoms with Gasteiger partial charge in [0.1, 0.15) is 5.82 Å². The van der Waals surface area contributed by atoms with Crippen molar-refractivity contribution < 1.29 is 4.79 Å². The number of carbonyl (C=O) groups excluding carboxylic acids is 1. The number of hydrogen-bond acceptors (Lipinski definition) is 6. The molecule has 0 spiro atoms. The fourth-order valence-electron chi connectivity index (χ4n) is 3.48. The van der Waals surface area contributed by atoms with Crippen molar-refractivity contribution in [3.8, 4) is 0 Å². The fraction of sp³-hybridized carbons (Fsp3) is 0.500. The van der Waals surface area contributed by atoms with Crippen LogP contribution < -0.4 is 9.80 Å². The maximum absolute atomic E-state index is 12.6. The van der Waals surface area contributed by atoms with Gasteiger partial charge >= 0.3 is 0 Å². The summed E-state index contributed by atoms with van der Waals surface area (Å²) in [5.41, 5.74) is 0.999. The van der Waals surface area contributed by atoms with Crippen LogP contribution >= 0.6 is 27.3 Å². The zero-order chi connectivity index (χ0) is 18.1. The van der Waals surface area contributed by atoms with Crippen molar-refractivity contribution in [3.63, 3.8) is 0 Å². The van der Waals surface area contributed by atoms with Gasteiger partial charge in [0, 0.05) is 60.9 Å². The quantitative estimate of drug-likeness (QED) is 0.740. The number of aromatic nitrogens is 2. The molecule has 0 unspecified atom stereocenters. The van der Waals surface area contributed by atoms with Crippen LogP contribution in [0.15, 0.2) is 22.0 Å². The monoisotopic (exact) mass is 435 g/mol. The number of aryl methyl sites for hydroxylation is 1. The summed E-state index contributed by atoms with van der Waals surface area (Å²) in [6.07, 6.45) is 2.47. The maximum Gasteiger partial charge on any atom is 0.264 e. The number of nitrogens with zero attached hydrogens (tertiary/aromatic N) is 5. The Morgan fingerprint density at radius 2 is 1.77 bits per heavy atom. The third-order valence-corrected chi connectivity index (χ3v) is 6.57. The maximum atomic E-state index is 12.6. The molecule has 0 N–H and O–H groups in total. The first-order valence-electron chi connectivity index (χ1n) is 8.99. The topological polar surface area (TPSA) is 52.6 Å². The lowest BCUT2D eigenvalue weighted by Crippen LogP contribution is -2.49. The number of piperazine rings is 1. The minimum absolute atomic E-state index is 0.114. The minimum atomic E-state index is 0.114. The van der Waals surface area contributed by atoms with Crippen molar-refractivity contribution >= 4 is 44.9 Å². The highest BCUT2D eigenvalue weighted by molar-refractivity contribution is 9.10. The molecule has 8 heteroatoms. The van der Waals surface area contributed by atoms with Gasteiger partial charge < -0.3 is 14.7 Å². The molecular weight excluding hydrogens is 414 g/mol. The van der Waals surface area contributed by atoms with Crippen LogP contribution in [0.5, 0.6) is 0 Å². The first-order chi connectivity index (χ1) is 12.6. The molecule has 26 heavy (non-hydrogen) atoms. The Labute approximate surface area is 166 Å².